The molecule has 0 heterocycles. The molecule has 0 aliphatic heterocycles. The monoisotopic (exact) mass is 331 g/mol. The Morgan fingerprint density at radius 3 is 2.56 bits per heavy atom. The predicted octanol–water partition coefficient (Wildman–Crippen LogP) is 3.08. The molecule has 0 amide bonds. The number of rotatable bonds is 4. The van der Waals surface area contributed by atoms with Crippen molar-refractivity contribution in [1.82, 2.24) is 4.72 Å². The van der Waals surface area contributed by atoms with Gasteiger partial charge in [-0.25, -0.2) is 13.1 Å². The van der Waals surface area contributed by atoms with Gasteiger partial charge in [0, 0.05) is 11.0 Å². The van der Waals surface area contributed by atoms with Crippen LogP contribution in [0.5, 0.6) is 0 Å². The molecule has 18 heavy (non-hydrogen) atoms. The van der Waals surface area contributed by atoms with Gasteiger partial charge in [-0.15, -0.1) is 0 Å². The van der Waals surface area contributed by atoms with Gasteiger partial charge in [0.2, 0.25) is 10.0 Å². The van der Waals surface area contributed by atoms with Gasteiger partial charge in [-0.2, -0.15) is 0 Å². The fourth-order valence-electron chi connectivity index (χ4n) is 2.00. The summed E-state index contributed by atoms with van der Waals surface area (Å²) in [6, 6.07) is 5.08. The largest absolute Gasteiger partial charge is 0.240 e. The lowest BCUT2D eigenvalue weighted by atomic mass is 10.1. The molecule has 0 spiro atoms. The van der Waals surface area contributed by atoms with E-state index in [1.54, 1.807) is 18.2 Å². The van der Waals surface area contributed by atoms with Crippen LogP contribution in [0.25, 0.3) is 0 Å². The highest BCUT2D eigenvalue weighted by Gasteiger charge is 2.45. The van der Waals surface area contributed by atoms with E-state index >= 15 is 0 Å². The molecule has 5 heteroatoms. The van der Waals surface area contributed by atoms with Crippen molar-refractivity contribution in [2.75, 3.05) is 6.54 Å². The lowest BCUT2D eigenvalue weighted by Crippen LogP contribution is -2.26. The summed E-state index contributed by atoms with van der Waals surface area (Å²) in [6.45, 7) is 6.74. The van der Waals surface area contributed by atoms with Crippen LogP contribution < -0.4 is 4.72 Å². The van der Waals surface area contributed by atoms with E-state index in [1.807, 2.05) is 6.92 Å². The van der Waals surface area contributed by atoms with E-state index in [2.05, 4.69) is 34.5 Å². The van der Waals surface area contributed by atoms with Crippen LogP contribution in [0.2, 0.25) is 0 Å². The highest BCUT2D eigenvalue weighted by Crippen LogP contribution is 2.51. The Morgan fingerprint density at radius 2 is 2.06 bits per heavy atom. The Kier molecular flexibility index (Phi) is 3.60. The molecule has 1 atom stereocenters. The van der Waals surface area contributed by atoms with Gasteiger partial charge in [0.15, 0.2) is 0 Å². The highest BCUT2D eigenvalue weighted by molar-refractivity contribution is 9.10. The fourth-order valence-corrected chi connectivity index (χ4v) is 3.42. The Labute approximate surface area is 117 Å². The zero-order chi connectivity index (χ0) is 13.6. The molecule has 0 bridgehead atoms. The molecule has 1 aromatic rings. The minimum absolute atomic E-state index is 0.290. The SMILES string of the molecule is Cc1cc(S(=O)(=O)NCC2CC2(C)C)ccc1Br. The quantitative estimate of drug-likeness (QED) is 0.921. The van der Waals surface area contributed by atoms with Gasteiger partial charge in [0.05, 0.1) is 4.90 Å². The average Bonchev–Trinajstić information content (AvgIpc) is 2.88. The summed E-state index contributed by atoms with van der Waals surface area (Å²) in [6.07, 6.45) is 1.09. The van der Waals surface area contributed by atoms with Crippen LogP contribution in [-0.2, 0) is 10.0 Å². The second-order valence-corrected chi connectivity index (χ2v) is 8.27. The van der Waals surface area contributed by atoms with Crippen molar-refractivity contribution in [1.29, 1.82) is 0 Å². The number of sulfonamides is 1. The zero-order valence-electron chi connectivity index (χ0n) is 10.8. The summed E-state index contributed by atoms with van der Waals surface area (Å²) < 4.78 is 27.8. The van der Waals surface area contributed by atoms with Gasteiger partial charge >= 0.3 is 0 Å². The molecule has 1 unspecified atom stereocenters. The third-order valence-corrected chi connectivity index (χ3v) is 5.99. The van der Waals surface area contributed by atoms with E-state index in [9.17, 15) is 8.42 Å². The van der Waals surface area contributed by atoms with Gasteiger partial charge in [-0.05, 0) is 48.4 Å². The molecule has 0 aromatic heterocycles. The van der Waals surface area contributed by atoms with Crippen molar-refractivity contribution < 1.29 is 8.42 Å². The van der Waals surface area contributed by atoms with Gasteiger partial charge < -0.3 is 0 Å². The molecule has 0 radical (unpaired) electrons. The summed E-state index contributed by atoms with van der Waals surface area (Å²) in [5.41, 5.74) is 1.21. The predicted molar refractivity (Wildman–Crippen MR) is 76.0 cm³/mol. The van der Waals surface area contributed by atoms with Crippen molar-refractivity contribution in [2.24, 2.45) is 11.3 Å². The lowest BCUT2D eigenvalue weighted by Gasteiger charge is -2.09. The fraction of sp³-hybridized carbons (Fsp3) is 0.538. The second-order valence-electron chi connectivity index (χ2n) is 5.65. The van der Waals surface area contributed by atoms with Crippen LogP contribution in [0.15, 0.2) is 27.6 Å². The molecule has 1 aliphatic carbocycles. The molecular formula is C13H18BrNO2S. The Morgan fingerprint density at radius 1 is 1.44 bits per heavy atom. The number of nitrogens with one attached hydrogen (secondary N) is 1. The maximum absolute atomic E-state index is 12.1. The summed E-state index contributed by atoms with van der Waals surface area (Å²) in [7, 11) is -3.38. The third-order valence-electron chi connectivity index (χ3n) is 3.68. The van der Waals surface area contributed by atoms with E-state index in [1.165, 1.54) is 0 Å². The van der Waals surface area contributed by atoms with Crippen LogP contribution in [0.4, 0.5) is 0 Å². The summed E-state index contributed by atoms with van der Waals surface area (Å²) >= 11 is 3.37. The summed E-state index contributed by atoms with van der Waals surface area (Å²) in [5.74, 6) is 0.462. The first-order valence-corrected chi connectivity index (χ1v) is 8.26. The lowest BCUT2D eigenvalue weighted by molar-refractivity contribution is 0.537. The number of hydrogen-bond acceptors (Lipinski definition) is 2. The van der Waals surface area contributed by atoms with Gasteiger partial charge in [-0.3, -0.25) is 0 Å². The number of aryl methyl sites for hydroxylation is 1. The molecule has 100 valence electrons. The Bertz CT molecular complexity index is 566. The topological polar surface area (TPSA) is 46.2 Å². The van der Waals surface area contributed by atoms with Crippen LogP contribution >= 0.6 is 15.9 Å². The van der Waals surface area contributed by atoms with Crippen LogP contribution in [0.1, 0.15) is 25.8 Å². The van der Waals surface area contributed by atoms with Gasteiger partial charge in [0.25, 0.3) is 0 Å². The number of benzene rings is 1. The molecule has 0 saturated heterocycles. The third kappa shape index (κ3) is 2.95. The smallest absolute Gasteiger partial charge is 0.211 e. The zero-order valence-corrected chi connectivity index (χ0v) is 13.2. The summed E-state index contributed by atoms with van der Waals surface area (Å²) in [5, 5.41) is 0. The first-order valence-electron chi connectivity index (χ1n) is 5.98. The van der Waals surface area contributed by atoms with E-state index in [4.69, 9.17) is 0 Å². The van der Waals surface area contributed by atoms with Crippen LogP contribution in [-0.4, -0.2) is 15.0 Å². The highest BCUT2D eigenvalue weighted by atomic mass is 79.9. The molecule has 1 N–H and O–H groups in total. The van der Waals surface area contributed by atoms with E-state index in [0.29, 0.717) is 17.4 Å². The molecule has 2 rings (SSSR count). The summed E-state index contributed by atoms with van der Waals surface area (Å²) in [4.78, 5) is 0.335. The normalized spacial score (nSPS) is 21.9. The van der Waals surface area contributed by atoms with Crippen molar-refractivity contribution in [3.05, 3.63) is 28.2 Å². The minimum atomic E-state index is -3.38. The van der Waals surface area contributed by atoms with Crippen molar-refractivity contribution in [2.45, 2.75) is 32.1 Å². The molecular weight excluding hydrogens is 314 g/mol. The van der Waals surface area contributed by atoms with E-state index in [0.717, 1.165) is 16.5 Å². The molecule has 1 saturated carbocycles. The van der Waals surface area contributed by atoms with Gasteiger partial charge in [0.1, 0.15) is 0 Å². The Hall–Kier alpha value is -0.390. The molecule has 3 nitrogen and oxygen atoms in total. The van der Waals surface area contributed by atoms with Crippen LogP contribution in [0, 0.1) is 18.3 Å². The number of halogens is 1. The first-order chi connectivity index (χ1) is 8.22. The molecule has 1 aromatic carbocycles. The minimum Gasteiger partial charge on any atom is -0.211 e. The van der Waals surface area contributed by atoms with Crippen molar-refractivity contribution >= 4 is 26.0 Å². The Balaban J connectivity index is 2.08. The molecule has 1 aliphatic rings. The van der Waals surface area contributed by atoms with Crippen LogP contribution in [0.3, 0.4) is 0 Å². The second kappa shape index (κ2) is 4.62. The van der Waals surface area contributed by atoms with E-state index < -0.39 is 10.0 Å². The van der Waals surface area contributed by atoms with Gasteiger partial charge in [-0.1, -0.05) is 29.8 Å². The molecule has 1 fully saturated rings. The van der Waals surface area contributed by atoms with Crippen molar-refractivity contribution in [3.63, 3.8) is 0 Å². The average molecular weight is 332 g/mol. The van der Waals surface area contributed by atoms with E-state index in [-0.39, 0.29) is 5.41 Å². The first kappa shape index (κ1) is 14.0. The standard InChI is InChI=1S/C13H18BrNO2S/c1-9-6-11(4-5-12(9)14)18(16,17)15-8-10-7-13(10,2)3/h4-6,10,15H,7-8H2,1-3H3. The van der Waals surface area contributed by atoms with Crippen molar-refractivity contribution in [3.8, 4) is 0 Å². The maximum Gasteiger partial charge on any atom is 0.240 e. The number of hydrogen-bond donors (Lipinski definition) is 1. The maximum atomic E-state index is 12.1.